The average Bonchev–Trinajstić information content (AvgIpc) is 3.04. The minimum absolute atomic E-state index is 0.116. The largest absolute Gasteiger partial charge is 0.497 e. The van der Waals surface area contributed by atoms with Crippen molar-refractivity contribution in [3.63, 3.8) is 0 Å². The van der Waals surface area contributed by atoms with Crippen molar-refractivity contribution in [2.75, 3.05) is 22.6 Å². The topological polar surface area (TPSA) is 87.7 Å². The van der Waals surface area contributed by atoms with Gasteiger partial charge in [-0.2, -0.15) is 0 Å². The van der Waals surface area contributed by atoms with E-state index in [0.29, 0.717) is 27.7 Å². The van der Waals surface area contributed by atoms with Crippen LogP contribution in [0.3, 0.4) is 0 Å². The molecule has 10 heteroatoms. The zero-order valence-corrected chi connectivity index (χ0v) is 19.8. The molecule has 4 rings (SSSR count). The maximum Gasteiger partial charge on any atom is 0.283 e. The minimum Gasteiger partial charge on any atom is -0.497 e. The lowest BCUT2D eigenvalue weighted by Gasteiger charge is -2.17. The van der Waals surface area contributed by atoms with Gasteiger partial charge < -0.3 is 15.4 Å². The first-order valence-corrected chi connectivity index (χ1v) is 11.0. The number of hydrogen-bond donors (Lipinski definition) is 2. The van der Waals surface area contributed by atoms with Crippen molar-refractivity contribution in [1.29, 1.82) is 0 Å². The molecule has 3 aromatic rings. The lowest BCUT2D eigenvalue weighted by Crippen LogP contribution is -2.32. The second-order valence-corrected chi connectivity index (χ2v) is 8.34. The molecule has 0 radical (unpaired) electrons. The van der Waals surface area contributed by atoms with Crippen LogP contribution in [-0.4, -0.2) is 24.8 Å². The molecule has 7 nitrogen and oxygen atoms in total. The summed E-state index contributed by atoms with van der Waals surface area (Å²) in [6.45, 7) is 0. The van der Waals surface area contributed by atoms with Crippen LogP contribution in [0.2, 0.25) is 10.0 Å². The second kappa shape index (κ2) is 9.77. The van der Waals surface area contributed by atoms with E-state index in [9.17, 15) is 14.4 Å². The normalized spacial score (nSPS) is 13.4. The third-order valence-corrected chi connectivity index (χ3v) is 5.80. The van der Waals surface area contributed by atoms with E-state index in [1.165, 1.54) is 31.4 Å². The van der Waals surface area contributed by atoms with Gasteiger partial charge in [0, 0.05) is 28.0 Å². The van der Waals surface area contributed by atoms with E-state index in [0.717, 1.165) is 4.90 Å². The SMILES string of the molecule is COc1cccc(NC(=O)c2cccc(NC3=C(Cl)C(=O)N(c4cc(Cl)ccc4Cl)C3=O)c2)c1. The molecule has 2 N–H and O–H groups in total. The second-order valence-electron chi connectivity index (χ2n) is 7.12. The van der Waals surface area contributed by atoms with E-state index in [-0.39, 0.29) is 27.3 Å². The molecule has 3 amide bonds. The molecule has 3 aromatic carbocycles. The highest BCUT2D eigenvalue weighted by Crippen LogP contribution is 2.36. The average molecular weight is 517 g/mol. The molecule has 1 aliphatic rings. The number of halogens is 3. The Hall–Kier alpha value is -3.52. The number of methoxy groups -OCH3 is 1. The number of amides is 3. The van der Waals surface area contributed by atoms with E-state index in [1.54, 1.807) is 42.5 Å². The molecule has 0 fully saturated rings. The Bertz CT molecular complexity index is 1360. The van der Waals surface area contributed by atoms with Crippen LogP contribution in [0, 0.1) is 0 Å². The van der Waals surface area contributed by atoms with Gasteiger partial charge >= 0.3 is 0 Å². The highest BCUT2D eigenvalue weighted by Gasteiger charge is 2.40. The van der Waals surface area contributed by atoms with Crippen molar-refractivity contribution in [1.82, 2.24) is 0 Å². The van der Waals surface area contributed by atoms with Crippen LogP contribution in [-0.2, 0) is 9.59 Å². The highest BCUT2D eigenvalue weighted by atomic mass is 35.5. The lowest BCUT2D eigenvalue weighted by atomic mass is 10.1. The molecule has 0 saturated carbocycles. The number of carbonyl (C=O) groups is 3. The molecule has 0 unspecified atom stereocenters. The summed E-state index contributed by atoms with van der Waals surface area (Å²) >= 11 is 18.4. The van der Waals surface area contributed by atoms with Gasteiger partial charge in [0.2, 0.25) is 0 Å². The number of benzene rings is 3. The van der Waals surface area contributed by atoms with Gasteiger partial charge in [0.15, 0.2) is 0 Å². The predicted molar refractivity (Wildman–Crippen MR) is 133 cm³/mol. The summed E-state index contributed by atoms with van der Waals surface area (Å²) in [7, 11) is 1.53. The summed E-state index contributed by atoms with van der Waals surface area (Å²) in [6, 6.07) is 17.7. The zero-order valence-electron chi connectivity index (χ0n) is 17.6. The predicted octanol–water partition coefficient (Wildman–Crippen LogP) is 5.69. The summed E-state index contributed by atoms with van der Waals surface area (Å²) in [4.78, 5) is 39.3. The first kappa shape index (κ1) is 23.6. The van der Waals surface area contributed by atoms with Crippen LogP contribution in [0.1, 0.15) is 10.4 Å². The number of anilines is 3. The Labute approximate surface area is 209 Å². The van der Waals surface area contributed by atoms with Crippen molar-refractivity contribution < 1.29 is 19.1 Å². The maximum absolute atomic E-state index is 13.0. The summed E-state index contributed by atoms with van der Waals surface area (Å²) in [5.74, 6) is -1.22. The van der Waals surface area contributed by atoms with Crippen LogP contribution in [0.4, 0.5) is 17.1 Å². The number of nitrogens with one attached hydrogen (secondary N) is 2. The Kier molecular flexibility index (Phi) is 6.79. The molecular formula is C24H16Cl3N3O4. The van der Waals surface area contributed by atoms with Crippen molar-refractivity contribution in [3.05, 3.63) is 93.1 Å². The van der Waals surface area contributed by atoms with Gasteiger partial charge in [0.1, 0.15) is 16.5 Å². The molecule has 0 saturated heterocycles. The number of carbonyl (C=O) groups excluding carboxylic acids is 3. The number of rotatable bonds is 6. The molecule has 0 atom stereocenters. The molecule has 1 heterocycles. The summed E-state index contributed by atoms with van der Waals surface area (Å²) in [5.41, 5.74) is 1.22. The third kappa shape index (κ3) is 4.72. The van der Waals surface area contributed by atoms with Crippen LogP contribution in [0.15, 0.2) is 77.5 Å². The molecule has 34 heavy (non-hydrogen) atoms. The Morgan fingerprint density at radius 3 is 2.38 bits per heavy atom. The Morgan fingerprint density at radius 2 is 1.62 bits per heavy atom. The number of nitrogens with zero attached hydrogens (tertiary/aromatic N) is 1. The summed E-state index contributed by atoms with van der Waals surface area (Å²) in [6.07, 6.45) is 0. The molecule has 0 aromatic heterocycles. The van der Waals surface area contributed by atoms with Gasteiger partial charge in [0.25, 0.3) is 17.7 Å². The van der Waals surface area contributed by atoms with Gasteiger partial charge in [-0.25, -0.2) is 4.90 Å². The zero-order chi connectivity index (χ0) is 24.4. The first-order chi connectivity index (χ1) is 16.3. The molecular weight excluding hydrogens is 501 g/mol. The minimum atomic E-state index is -0.745. The van der Waals surface area contributed by atoms with E-state index < -0.39 is 11.8 Å². The fourth-order valence-corrected chi connectivity index (χ4v) is 3.85. The summed E-state index contributed by atoms with van der Waals surface area (Å²) < 4.78 is 5.16. The molecule has 1 aliphatic heterocycles. The molecule has 0 spiro atoms. The molecule has 0 aliphatic carbocycles. The van der Waals surface area contributed by atoms with Gasteiger partial charge in [-0.05, 0) is 48.5 Å². The van der Waals surface area contributed by atoms with Crippen LogP contribution in [0.25, 0.3) is 0 Å². The van der Waals surface area contributed by atoms with E-state index >= 15 is 0 Å². The van der Waals surface area contributed by atoms with Crippen LogP contribution < -0.4 is 20.3 Å². The number of imide groups is 1. The maximum atomic E-state index is 13.0. The van der Waals surface area contributed by atoms with Crippen molar-refractivity contribution in [2.24, 2.45) is 0 Å². The van der Waals surface area contributed by atoms with Crippen molar-refractivity contribution in [2.45, 2.75) is 0 Å². The van der Waals surface area contributed by atoms with Crippen LogP contribution in [0.5, 0.6) is 5.75 Å². The van der Waals surface area contributed by atoms with E-state index in [1.807, 2.05) is 0 Å². The van der Waals surface area contributed by atoms with Gasteiger partial charge in [-0.1, -0.05) is 46.9 Å². The van der Waals surface area contributed by atoms with Gasteiger partial charge in [-0.15, -0.1) is 0 Å². The van der Waals surface area contributed by atoms with E-state index in [2.05, 4.69) is 10.6 Å². The summed E-state index contributed by atoms with van der Waals surface area (Å²) in [5, 5.41) is 5.76. The van der Waals surface area contributed by atoms with Gasteiger partial charge in [-0.3, -0.25) is 14.4 Å². The number of ether oxygens (including phenoxy) is 1. The fraction of sp³-hybridized carbons (Fsp3) is 0.0417. The fourth-order valence-electron chi connectivity index (χ4n) is 3.27. The quantitative estimate of drug-likeness (QED) is 0.411. The van der Waals surface area contributed by atoms with Gasteiger partial charge in [0.05, 0.1) is 17.8 Å². The molecule has 0 bridgehead atoms. The Morgan fingerprint density at radius 1 is 0.882 bits per heavy atom. The van der Waals surface area contributed by atoms with Crippen molar-refractivity contribution in [3.8, 4) is 5.75 Å². The number of hydrogen-bond acceptors (Lipinski definition) is 5. The first-order valence-electron chi connectivity index (χ1n) is 9.84. The lowest BCUT2D eigenvalue weighted by molar-refractivity contribution is -0.120. The Balaban J connectivity index is 1.55. The monoisotopic (exact) mass is 515 g/mol. The van der Waals surface area contributed by atoms with E-state index in [4.69, 9.17) is 39.5 Å². The highest BCUT2D eigenvalue weighted by molar-refractivity contribution is 6.54. The van der Waals surface area contributed by atoms with Crippen molar-refractivity contribution >= 4 is 69.6 Å². The third-order valence-electron chi connectivity index (χ3n) is 4.90. The smallest absolute Gasteiger partial charge is 0.283 e. The van der Waals surface area contributed by atoms with Crippen LogP contribution >= 0.6 is 34.8 Å². The molecule has 172 valence electrons. The standard InChI is InChI=1S/C24H16Cl3N3O4/c1-34-17-7-3-6-16(12-17)29-22(31)13-4-2-5-15(10-13)28-21-20(27)23(32)30(24(21)33)19-11-14(25)8-9-18(19)26/h2-12,28H,1H3,(H,29,31).